The van der Waals surface area contributed by atoms with Gasteiger partial charge in [-0.15, -0.1) is 0 Å². The minimum atomic E-state index is -0.0404. The molecule has 5 nitrogen and oxygen atoms in total. The fourth-order valence-electron chi connectivity index (χ4n) is 1.65. The number of nitrogens with zero attached hydrogens (tertiary/aromatic N) is 2. The van der Waals surface area contributed by atoms with Crippen molar-refractivity contribution in [3.05, 3.63) is 51.6 Å². The van der Waals surface area contributed by atoms with Gasteiger partial charge in [-0.25, -0.2) is 4.98 Å². The molecule has 0 radical (unpaired) electrons. The summed E-state index contributed by atoms with van der Waals surface area (Å²) in [6, 6.07) is 9.07. The monoisotopic (exact) mass is 335 g/mol. The van der Waals surface area contributed by atoms with Gasteiger partial charge in [0, 0.05) is 10.2 Å². The summed E-state index contributed by atoms with van der Waals surface area (Å²) in [5.74, 6) is 0.902. The number of benzene rings is 1. The number of aryl methyl sites for hydroxylation is 2. The first-order valence-electron chi connectivity index (χ1n) is 5.91. The minimum Gasteiger partial charge on any atom is -0.438 e. The van der Waals surface area contributed by atoms with Crippen LogP contribution in [0, 0.1) is 13.8 Å². The first-order valence-corrected chi connectivity index (χ1v) is 6.70. The van der Waals surface area contributed by atoms with Crippen molar-refractivity contribution in [1.29, 1.82) is 0 Å². The fourth-order valence-corrected chi connectivity index (χ4v) is 1.90. The van der Waals surface area contributed by atoms with Gasteiger partial charge in [-0.2, -0.15) is 0 Å². The molecule has 0 bridgehead atoms. The lowest BCUT2D eigenvalue weighted by molar-refractivity contribution is 0.318. The molecule has 0 spiro atoms. The quantitative estimate of drug-likeness (QED) is 0.390. The summed E-state index contributed by atoms with van der Waals surface area (Å²) in [4.78, 5) is 4.28. The van der Waals surface area contributed by atoms with Crippen LogP contribution in [0.15, 0.2) is 40.0 Å². The van der Waals surface area contributed by atoms with Crippen molar-refractivity contribution >= 4 is 21.8 Å². The first kappa shape index (κ1) is 14.3. The van der Waals surface area contributed by atoms with Gasteiger partial charge < -0.3 is 15.7 Å². The summed E-state index contributed by atoms with van der Waals surface area (Å²) < 4.78 is 6.74. The van der Waals surface area contributed by atoms with Gasteiger partial charge in [0.2, 0.25) is 5.88 Å². The van der Waals surface area contributed by atoms with Crippen molar-refractivity contribution in [2.24, 2.45) is 10.9 Å². The number of aromatic nitrogens is 1. The Bertz CT molecular complexity index is 671. The van der Waals surface area contributed by atoms with Gasteiger partial charge in [0.05, 0.1) is 5.56 Å². The Balaban J connectivity index is 2.41. The molecule has 0 amide bonds. The molecular weight excluding hydrogens is 322 g/mol. The zero-order valence-electron chi connectivity index (χ0n) is 11.1. The smallest absolute Gasteiger partial charge is 0.230 e. The molecule has 20 heavy (non-hydrogen) atoms. The van der Waals surface area contributed by atoms with Crippen LogP contribution in [0.5, 0.6) is 11.6 Å². The van der Waals surface area contributed by atoms with Crippen LogP contribution in [0.25, 0.3) is 0 Å². The highest BCUT2D eigenvalue weighted by Crippen LogP contribution is 2.27. The van der Waals surface area contributed by atoms with E-state index in [2.05, 4.69) is 26.1 Å². The van der Waals surface area contributed by atoms with E-state index in [4.69, 9.17) is 15.7 Å². The second-order valence-electron chi connectivity index (χ2n) is 4.30. The molecule has 1 heterocycles. The maximum absolute atomic E-state index is 8.80. The number of nitrogens with two attached hydrogens (primary N) is 1. The van der Waals surface area contributed by atoms with E-state index >= 15 is 0 Å². The normalized spacial score (nSPS) is 11.4. The number of hydrogen-bond donors (Lipinski definition) is 2. The van der Waals surface area contributed by atoms with Gasteiger partial charge in [0.1, 0.15) is 5.75 Å². The average Bonchev–Trinajstić information content (AvgIpc) is 2.42. The van der Waals surface area contributed by atoms with E-state index in [1.807, 2.05) is 32.0 Å². The van der Waals surface area contributed by atoms with Crippen LogP contribution in [-0.4, -0.2) is 16.0 Å². The van der Waals surface area contributed by atoms with Crippen molar-refractivity contribution in [3.63, 3.8) is 0 Å². The number of rotatable bonds is 3. The molecule has 0 saturated heterocycles. The Morgan fingerprint density at radius 2 is 2.05 bits per heavy atom. The van der Waals surface area contributed by atoms with E-state index < -0.39 is 0 Å². The number of amidine groups is 1. The summed E-state index contributed by atoms with van der Waals surface area (Å²) in [6.45, 7) is 3.81. The highest BCUT2D eigenvalue weighted by Gasteiger charge is 2.12. The highest BCUT2D eigenvalue weighted by atomic mass is 79.9. The maximum atomic E-state index is 8.80. The Hall–Kier alpha value is -2.08. The molecule has 1 aromatic carbocycles. The van der Waals surface area contributed by atoms with Crippen LogP contribution in [-0.2, 0) is 0 Å². The highest BCUT2D eigenvalue weighted by molar-refractivity contribution is 9.10. The van der Waals surface area contributed by atoms with Crippen LogP contribution in [0.3, 0.4) is 0 Å². The van der Waals surface area contributed by atoms with E-state index in [0.29, 0.717) is 17.2 Å². The Labute approximate surface area is 125 Å². The lowest BCUT2D eigenvalue weighted by Gasteiger charge is -2.11. The van der Waals surface area contributed by atoms with Crippen LogP contribution in [0.1, 0.15) is 16.8 Å². The van der Waals surface area contributed by atoms with Gasteiger partial charge in [-0.3, -0.25) is 0 Å². The zero-order chi connectivity index (χ0) is 14.7. The molecule has 2 aromatic rings. The van der Waals surface area contributed by atoms with Gasteiger partial charge >= 0.3 is 0 Å². The molecule has 6 heteroatoms. The third-order valence-electron chi connectivity index (χ3n) is 2.73. The molecule has 3 N–H and O–H groups in total. The molecule has 0 fully saturated rings. The molecule has 104 valence electrons. The molecule has 0 aliphatic heterocycles. The second-order valence-corrected chi connectivity index (χ2v) is 5.16. The predicted molar refractivity (Wildman–Crippen MR) is 80.4 cm³/mol. The van der Waals surface area contributed by atoms with Gasteiger partial charge in [-0.05, 0) is 49.7 Å². The van der Waals surface area contributed by atoms with Crippen LogP contribution in [0.2, 0.25) is 0 Å². The van der Waals surface area contributed by atoms with E-state index in [1.54, 1.807) is 12.1 Å². The summed E-state index contributed by atoms with van der Waals surface area (Å²) in [7, 11) is 0. The predicted octanol–water partition coefficient (Wildman–Crippen LogP) is 3.35. The van der Waals surface area contributed by atoms with Crippen LogP contribution >= 0.6 is 15.9 Å². The fraction of sp³-hybridized carbons (Fsp3) is 0.143. The van der Waals surface area contributed by atoms with Gasteiger partial charge in [0.25, 0.3) is 0 Å². The average molecular weight is 336 g/mol. The number of halogens is 1. The molecule has 0 atom stereocenters. The molecule has 0 saturated carbocycles. The Morgan fingerprint density at radius 1 is 1.30 bits per heavy atom. The standard InChI is InChI=1S/C14H14BrN3O2/c1-8-7-10(4-6-12(8)15)20-14-11(13(16)18-19)5-3-9(2)17-14/h3-7,19H,1-2H3,(H2,16,18). The first-order chi connectivity index (χ1) is 9.51. The van der Waals surface area contributed by atoms with Crippen molar-refractivity contribution < 1.29 is 9.94 Å². The number of pyridine rings is 1. The lowest BCUT2D eigenvalue weighted by atomic mass is 10.2. The third-order valence-corrected chi connectivity index (χ3v) is 3.62. The molecule has 1 aromatic heterocycles. The lowest BCUT2D eigenvalue weighted by Crippen LogP contribution is -2.15. The largest absolute Gasteiger partial charge is 0.438 e. The maximum Gasteiger partial charge on any atom is 0.230 e. The number of oxime groups is 1. The van der Waals surface area contributed by atoms with E-state index in [1.165, 1.54) is 0 Å². The third kappa shape index (κ3) is 3.08. The Kier molecular flexibility index (Phi) is 4.24. The summed E-state index contributed by atoms with van der Waals surface area (Å²) in [6.07, 6.45) is 0. The van der Waals surface area contributed by atoms with Crippen molar-refractivity contribution in [3.8, 4) is 11.6 Å². The van der Waals surface area contributed by atoms with E-state index in [0.717, 1.165) is 15.7 Å². The molecular formula is C14H14BrN3O2. The van der Waals surface area contributed by atoms with Crippen LogP contribution < -0.4 is 10.5 Å². The van der Waals surface area contributed by atoms with Gasteiger partial charge in [0.15, 0.2) is 5.84 Å². The van der Waals surface area contributed by atoms with E-state index in [-0.39, 0.29) is 5.84 Å². The summed E-state index contributed by atoms with van der Waals surface area (Å²) in [5, 5.41) is 11.8. The summed E-state index contributed by atoms with van der Waals surface area (Å²) in [5.41, 5.74) is 7.89. The second kappa shape index (κ2) is 5.92. The zero-order valence-corrected chi connectivity index (χ0v) is 12.7. The van der Waals surface area contributed by atoms with Crippen LogP contribution in [0.4, 0.5) is 0 Å². The minimum absolute atomic E-state index is 0.0404. The molecule has 0 aliphatic rings. The molecule has 0 unspecified atom stereocenters. The molecule has 0 aliphatic carbocycles. The number of ether oxygens (including phenoxy) is 1. The Morgan fingerprint density at radius 3 is 2.70 bits per heavy atom. The van der Waals surface area contributed by atoms with Crippen molar-refractivity contribution in [2.45, 2.75) is 13.8 Å². The van der Waals surface area contributed by atoms with Crippen molar-refractivity contribution in [2.75, 3.05) is 0 Å². The topological polar surface area (TPSA) is 80.7 Å². The van der Waals surface area contributed by atoms with Crippen molar-refractivity contribution in [1.82, 2.24) is 4.98 Å². The summed E-state index contributed by atoms with van der Waals surface area (Å²) >= 11 is 3.43. The SMILES string of the molecule is Cc1ccc(/C(N)=N/O)c(Oc2ccc(Br)c(C)c2)n1. The number of hydrogen-bond acceptors (Lipinski definition) is 4. The van der Waals surface area contributed by atoms with E-state index in [9.17, 15) is 0 Å². The van der Waals surface area contributed by atoms with Gasteiger partial charge in [-0.1, -0.05) is 21.1 Å². The molecule has 2 rings (SSSR count).